The maximum absolute atomic E-state index is 10.7. The Balaban J connectivity index is 0.000000193. The van der Waals surface area contributed by atoms with E-state index < -0.39 is 6.09 Å². The third kappa shape index (κ3) is 5.44. The van der Waals surface area contributed by atoms with Gasteiger partial charge in [0.1, 0.15) is 5.82 Å². The van der Waals surface area contributed by atoms with Gasteiger partial charge in [-0.2, -0.15) is 0 Å². The number of nitrogens with zero attached hydrogens (tertiary/aromatic N) is 2. The molecule has 6 heteroatoms. The fraction of sp³-hybridized carbons (Fsp3) is 0.429. The van der Waals surface area contributed by atoms with Gasteiger partial charge in [-0.1, -0.05) is 30.3 Å². The van der Waals surface area contributed by atoms with Crippen molar-refractivity contribution in [1.29, 1.82) is 0 Å². The smallest absolute Gasteiger partial charge is 0.409 e. The van der Waals surface area contributed by atoms with E-state index in [1.165, 1.54) is 18.4 Å². The van der Waals surface area contributed by atoms with Crippen LogP contribution in [0.2, 0.25) is 0 Å². The van der Waals surface area contributed by atoms with Crippen molar-refractivity contribution in [2.24, 2.45) is 0 Å². The third-order valence-corrected chi connectivity index (χ3v) is 4.80. The number of hydrogen-bond donors (Lipinski definition) is 2. The number of aromatic nitrogens is 1. The molecule has 1 saturated heterocycles. The molecule has 1 saturated carbocycles. The van der Waals surface area contributed by atoms with Crippen LogP contribution in [0.4, 0.5) is 16.3 Å². The molecule has 27 heavy (non-hydrogen) atoms. The van der Waals surface area contributed by atoms with Crippen molar-refractivity contribution in [3.63, 3.8) is 0 Å². The zero-order valence-corrected chi connectivity index (χ0v) is 15.9. The molecule has 0 radical (unpaired) electrons. The molecule has 1 aliphatic heterocycles. The van der Waals surface area contributed by atoms with Crippen LogP contribution in [-0.4, -0.2) is 42.5 Å². The van der Waals surface area contributed by atoms with Crippen LogP contribution in [0.15, 0.2) is 36.4 Å². The molecule has 2 fully saturated rings. The van der Waals surface area contributed by atoms with E-state index in [1.54, 1.807) is 0 Å². The standard InChI is InChI=1S/C12H17N3O3.C9H10/c1-8-7-10(15-3-5-18-6-4-15)13-9(2)11(8)14-12(16)17;1-2-4-8(5-3-1)9-6-7-9/h7,14H,3-6H2,1-2H3,(H,16,17);1-5,9H,6-7H2. The Morgan fingerprint density at radius 2 is 1.85 bits per heavy atom. The van der Waals surface area contributed by atoms with Crippen molar-refractivity contribution in [1.82, 2.24) is 4.98 Å². The molecule has 2 aliphatic rings. The number of aryl methyl sites for hydroxylation is 2. The van der Waals surface area contributed by atoms with Crippen molar-refractivity contribution in [2.45, 2.75) is 32.6 Å². The molecule has 0 atom stereocenters. The predicted octanol–water partition coefficient (Wildman–Crippen LogP) is 4.19. The number of benzene rings is 1. The molecule has 4 rings (SSSR count). The first-order chi connectivity index (χ1) is 13.0. The van der Waals surface area contributed by atoms with E-state index in [4.69, 9.17) is 9.84 Å². The first-order valence-electron chi connectivity index (χ1n) is 9.40. The third-order valence-electron chi connectivity index (χ3n) is 4.80. The minimum absolute atomic E-state index is 0.569. The van der Waals surface area contributed by atoms with Crippen LogP contribution in [0.25, 0.3) is 0 Å². The minimum Gasteiger partial charge on any atom is -0.465 e. The Morgan fingerprint density at radius 1 is 1.19 bits per heavy atom. The van der Waals surface area contributed by atoms with Crippen molar-refractivity contribution in [3.05, 3.63) is 53.2 Å². The summed E-state index contributed by atoms with van der Waals surface area (Å²) in [5.41, 5.74) is 3.67. The SMILES string of the molecule is Cc1cc(N2CCOCC2)nc(C)c1NC(=O)O.c1ccc(C2CC2)cc1. The van der Waals surface area contributed by atoms with E-state index in [1.807, 2.05) is 19.9 Å². The van der Waals surface area contributed by atoms with Crippen LogP contribution in [0.1, 0.15) is 35.6 Å². The molecule has 144 valence electrons. The lowest BCUT2D eigenvalue weighted by Crippen LogP contribution is -2.37. The second kappa shape index (κ2) is 8.86. The molecule has 1 aromatic carbocycles. The molecule has 1 aromatic heterocycles. The summed E-state index contributed by atoms with van der Waals surface area (Å²) >= 11 is 0. The number of carbonyl (C=O) groups is 1. The van der Waals surface area contributed by atoms with Gasteiger partial charge < -0.3 is 14.7 Å². The van der Waals surface area contributed by atoms with Gasteiger partial charge in [-0.3, -0.25) is 5.32 Å². The largest absolute Gasteiger partial charge is 0.465 e. The van der Waals surface area contributed by atoms with Gasteiger partial charge in [0.25, 0.3) is 0 Å². The molecular formula is C21H27N3O3. The number of pyridine rings is 1. The van der Waals surface area contributed by atoms with Crippen LogP contribution in [-0.2, 0) is 4.74 Å². The van der Waals surface area contributed by atoms with E-state index in [0.29, 0.717) is 24.6 Å². The highest BCUT2D eigenvalue weighted by Crippen LogP contribution is 2.39. The quantitative estimate of drug-likeness (QED) is 0.849. The fourth-order valence-electron chi connectivity index (χ4n) is 3.20. The van der Waals surface area contributed by atoms with Gasteiger partial charge in [0.05, 0.1) is 24.6 Å². The summed E-state index contributed by atoms with van der Waals surface area (Å²) < 4.78 is 5.30. The van der Waals surface area contributed by atoms with Crippen LogP contribution >= 0.6 is 0 Å². The van der Waals surface area contributed by atoms with Gasteiger partial charge in [0, 0.05) is 13.1 Å². The van der Waals surface area contributed by atoms with E-state index >= 15 is 0 Å². The molecule has 0 bridgehead atoms. The maximum atomic E-state index is 10.7. The molecule has 2 heterocycles. The summed E-state index contributed by atoms with van der Waals surface area (Å²) in [6.45, 7) is 6.73. The van der Waals surface area contributed by atoms with E-state index in [2.05, 4.69) is 45.5 Å². The summed E-state index contributed by atoms with van der Waals surface area (Å²) in [6, 6.07) is 12.7. The van der Waals surface area contributed by atoms with Crippen molar-refractivity contribution >= 4 is 17.6 Å². The van der Waals surface area contributed by atoms with E-state index in [9.17, 15) is 4.79 Å². The van der Waals surface area contributed by atoms with Crippen LogP contribution < -0.4 is 10.2 Å². The van der Waals surface area contributed by atoms with Gasteiger partial charge in [0.15, 0.2) is 0 Å². The summed E-state index contributed by atoms with van der Waals surface area (Å²) in [5.74, 6) is 1.79. The van der Waals surface area contributed by atoms with Crippen LogP contribution in [0.3, 0.4) is 0 Å². The maximum Gasteiger partial charge on any atom is 0.409 e. The zero-order chi connectivity index (χ0) is 19.2. The normalized spacial score (nSPS) is 16.3. The summed E-state index contributed by atoms with van der Waals surface area (Å²) in [7, 11) is 0. The van der Waals surface area contributed by atoms with Crippen molar-refractivity contribution < 1.29 is 14.6 Å². The average Bonchev–Trinajstić information content (AvgIpc) is 3.52. The Bertz CT molecular complexity index is 746. The van der Waals surface area contributed by atoms with Gasteiger partial charge in [-0.15, -0.1) is 0 Å². The Kier molecular flexibility index (Phi) is 6.29. The van der Waals surface area contributed by atoms with E-state index in [0.717, 1.165) is 30.4 Å². The van der Waals surface area contributed by atoms with E-state index in [-0.39, 0.29) is 0 Å². The summed E-state index contributed by atoms with van der Waals surface area (Å²) in [6.07, 6.45) is 1.75. The molecule has 1 amide bonds. The molecule has 0 spiro atoms. The van der Waals surface area contributed by atoms with Crippen LogP contribution in [0, 0.1) is 13.8 Å². The summed E-state index contributed by atoms with van der Waals surface area (Å²) in [5, 5.41) is 11.2. The Labute approximate surface area is 160 Å². The highest BCUT2D eigenvalue weighted by molar-refractivity contribution is 5.85. The number of nitrogens with one attached hydrogen (secondary N) is 1. The number of morpholine rings is 1. The lowest BCUT2D eigenvalue weighted by Gasteiger charge is -2.28. The molecule has 2 aromatic rings. The van der Waals surface area contributed by atoms with Gasteiger partial charge in [-0.25, -0.2) is 9.78 Å². The minimum atomic E-state index is -1.07. The van der Waals surface area contributed by atoms with Gasteiger partial charge in [0.2, 0.25) is 0 Å². The first kappa shape index (κ1) is 19.2. The molecule has 6 nitrogen and oxygen atoms in total. The zero-order valence-electron chi connectivity index (χ0n) is 15.9. The Hall–Kier alpha value is -2.60. The topological polar surface area (TPSA) is 74.7 Å². The average molecular weight is 369 g/mol. The van der Waals surface area contributed by atoms with Crippen molar-refractivity contribution in [2.75, 3.05) is 36.5 Å². The number of ether oxygens (including phenoxy) is 1. The monoisotopic (exact) mass is 369 g/mol. The molecule has 0 unspecified atom stereocenters. The summed E-state index contributed by atoms with van der Waals surface area (Å²) in [4.78, 5) is 17.3. The number of carboxylic acid groups (broad SMARTS) is 1. The lowest BCUT2D eigenvalue weighted by molar-refractivity contribution is 0.122. The second-order valence-electron chi connectivity index (χ2n) is 6.97. The second-order valence-corrected chi connectivity index (χ2v) is 6.97. The molecule has 1 aliphatic carbocycles. The molecule has 2 N–H and O–H groups in total. The van der Waals surface area contributed by atoms with Gasteiger partial charge >= 0.3 is 6.09 Å². The number of anilines is 2. The fourth-order valence-corrected chi connectivity index (χ4v) is 3.20. The van der Waals surface area contributed by atoms with Crippen LogP contribution in [0.5, 0.6) is 0 Å². The highest BCUT2D eigenvalue weighted by atomic mass is 16.5. The highest BCUT2D eigenvalue weighted by Gasteiger charge is 2.22. The lowest BCUT2D eigenvalue weighted by atomic mass is 10.1. The predicted molar refractivity (Wildman–Crippen MR) is 107 cm³/mol. The van der Waals surface area contributed by atoms with Gasteiger partial charge in [-0.05, 0) is 49.8 Å². The molecular weight excluding hydrogens is 342 g/mol. The number of rotatable bonds is 3. The Morgan fingerprint density at radius 3 is 2.41 bits per heavy atom. The number of hydrogen-bond acceptors (Lipinski definition) is 4. The first-order valence-corrected chi connectivity index (χ1v) is 9.40. The van der Waals surface area contributed by atoms with Crippen molar-refractivity contribution in [3.8, 4) is 0 Å². The number of amides is 1.